The smallest absolute Gasteiger partial charge is 0.335 e. The third kappa shape index (κ3) is 2.06. The first-order valence-corrected chi connectivity index (χ1v) is 7.35. The van der Waals surface area contributed by atoms with Crippen molar-refractivity contribution in [3.05, 3.63) is 10.6 Å². The molecule has 1 unspecified atom stereocenters. The molecular weight excluding hydrogens is 294 g/mol. The zero-order chi connectivity index (χ0) is 15.5. The maximum absolute atomic E-state index is 12.1. The standard InChI is InChI=1S/C13H15N3O4S/c1-13(2)4-6-8(7(17)5-13)21-11(14-6)16-10(19)9(18)15(3)12(16)20/h9,18H,4-5H2,1-3H3. The molecule has 0 radical (unpaired) electrons. The predicted octanol–water partition coefficient (Wildman–Crippen LogP) is 1.02. The Morgan fingerprint density at radius 1 is 1.29 bits per heavy atom. The molecule has 21 heavy (non-hydrogen) atoms. The Bertz CT molecular complexity index is 646. The number of hydrogen-bond acceptors (Lipinski definition) is 6. The van der Waals surface area contributed by atoms with Crippen molar-refractivity contribution in [3.8, 4) is 0 Å². The van der Waals surface area contributed by atoms with E-state index >= 15 is 0 Å². The maximum Gasteiger partial charge on any atom is 0.335 e. The first-order chi connectivity index (χ1) is 9.71. The van der Waals surface area contributed by atoms with Gasteiger partial charge in [0, 0.05) is 13.5 Å². The Morgan fingerprint density at radius 2 is 1.95 bits per heavy atom. The Labute approximate surface area is 125 Å². The molecule has 1 saturated heterocycles. The molecule has 1 aromatic heterocycles. The largest absolute Gasteiger partial charge is 0.365 e. The summed E-state index contributed by atoms with van der Waals surface area (Å²) in [7, 11) is 1.34. The van der Waals surface area contributed by atoms with E-state index in [9.17, 15) is 19.5 Å². The average molecular weight is 309 g/mol. The lowest BCUT2D eigenvalue weighted by atomic mass is 9.78. The number of rotatable bonds is 1. The van der Waals surface area contributed by atoms with Crippen molar-refractivity contribution in [3.63, 3.8) is 0 Å². The molecule has 2 heterocycles. The van der Waals surface area contributed by atoms with Crippen molar-refractivity contribution in [2.45, 2.75) is 32.9 Å². The highest BCUT2D eigenvalue weighted by Gasteiger charge is 2.45. The molecule has 2 aliphatic rings. The first kappa shape index (κ1) is 14.2. The van der Waals surface area contributed by atoms with Gasteiger partial charge in [0.2, 0.25) is 11.4 Å². The molecular formula is C13H15N3O4S. The van der Waals surface area contributed by atoms with E-state index in [0.717, 1.165) is 21.1 Å². The summed E-state index contributed by atoms with van der Waals surface area (Å²) in [6, 6.07) is -0.634. The number of aliphatic hydroxyl groups excluding tert-OH is 1. The summed E-state index contributed by atoms with van der Waals surface area (Å²) in [6.07, 6.45) is -0.448. The number of ketones is 1. The summed E-state index contributed by atoms with van der Waals surface area (Å²) in [5.41, 5.74) is 0.450. The second-order valence-electron chi connectivity index (χ2n) is 6.15. The average Bonchev–Trinajstić information content (AvgIpc) is 2.85. The van der Waals surface area contributed by atoms with Gasteiger partial charge in [0.05, 0.1) is 10.6 Å². The van der Waals surface area contributed by atoms with Crippen LogP contribution in [-0.4, -0.2) is 46.0 Å². The lowest BCUT2D eigenvalue weighted by Crippen LogP contribution is -2.31. The van der Waals surface area contributed by atoms with Gasteiger partial charge in [-0.25, -0.2) is 14.7 Å². The Kier molecular flexibility index (Phi) is 2.93. The summed E-state index contributed by atoms with van der Waals surface area (Å²) in [5.74, 6) is -0.752. The molecule has 1 N–H and O–H groups in total. The van der Waals surface area contributed by atoms with Crippen molar-refractivity contribution >= 4 is 34.2 Å². The third-order valence-corrected chi connectivity index (χ3v) is 4.84. The van der Waals surface area contributed by atoms with Crippen LogP contribution in [0.25, 0.3) is 0 Å². The third-order valence-electron chi connectivity index (χ3n) is 3.72. The molecule has 0 spiro atoms. The molecule has 1 atom stereocenters. The van der Waals surface area contributed by atoms with Gasteiger partial charge in [0.25, 0.3) is 5.91 Å². The van der Waals surface area contributed by atoms with Crippen molar-refractivity contribution in [2.24, 2.45) is 5.41 Å². The molecule has 0 bridgehead atoms. The fourth-order valence-electron chi connectivity index (χ4n) is 2.62. The first-order valence-electron chi connectivity index (χ1n) is 6.53. The Morgan fingerprint density at radius 3 is 2.52 bits per heavy atom. The van der Waals surface area contributed by atoms with Crippen molar-refractivity contribution in [2.75, 3.05) is 11.9 Å². The van der Waals surface area contributed by atoms with Gasteiger partial charge in [-0.15, -0.1) is 0 Å². The van der Waals surface area contributed by atoms with Crippen molar-refractivity contribution in [1.29, 1.82) is 0 Å². The van der Waals surface area contributed by atoms with Crippen molar-refractivity contribution in [1.82, 2.24) is 9.88 Å². The van der Waals surface area contributed by atoms with Crippen LogP contribution in [-0.2, 0) is 11.2 Å². The molecule has 0 saturated carbocycles. The number of amides is 3. The van der Waals surface area contributed by atoms with E-state index in [-0.39, 0.29) is 16.3 Å². The number of thiazole rings is 1. The highest BCUT2D eigenvalue weighted by molar-refractivity contribution is 7.18. The number of carbonyl (C=O) groups is 3. The fraction of sp³-hybridized carbons (Fsp3) is 0.538. The molecule has 3 amide bonds. The van der Waals surface area contributed by atoms with Crippen LogP contribution in [0.3, 0.4) is 0 Å². The molecule has 7 nitrogen and oxygen atoms in total. The van der Waals surface area contributed by atoms with Gasteiger partial charge in [0.15, 0.2) is 5.78 Å². The molecule has 112 valence electrons. The molecule has 1 aliphatic heterocycles. The summed E-state index contributed by atoms with van der Waals surface area (Å²) >= 11 is 1.04. The topological polar surface area (TPSA) is 90.8 Å². The molecule has 3 rings (SSSR count). The van der Waals surface area contributed by atoms with Gasteiger partial charge >= 0.3 is 6.03 Å². The normalized spacial score (nSPS) is 24.8. The number of carbonyl (C=O) groups excluding carboxylic acids is 3. The highest BCUT2D eigenvalue weighted by atomic mass is 32.1. The summed E-state index contributed by atoms with van der Waals surface area (Å²) in [5, 5.41) is 9.79. The number of aliphatic hydroxyl groups is 1. The van der Waals surface area contributed by atoms with E-state index in [1.165, 1.54) is 7.05 Å². The van der Waals surface area contributed by atoms with Crippen LogP contribution in [0.5, 0.6) is 0 Å². The van der Waals surface area contributed by atoms with Crippen LogP contribution >= 0.6 is 11.3 Å². The van der Waals surface area contributed by atoms with E-state index in [2.05, 4.69) is 4.98 Å². The predicted molar refractivity (Wildman–Crippen MR) is 75.2 cm³/mol. The van der Waals surface area contributed by atoms with E-state index in [1.54, 1.807) is 0 Å². The van der Waals surface area contributed by atoms with Crippen LogP contribution in [0, 0.1) is 5.41 Å². The minimum atomic E-state index is -1.49. The Balaban J connectivity index is 2.02. The zero-order valence-electron chi connectivity index (χ0n) is 11.9. The minimum absolute atomic E-state index is 0.0157. The lowest BCUT2D eigenvalue weighted by Gasteiger charge is -2.26. The number of nitrogens with zero attached hydrogens (tertiary/aromatic N) is 3. The quantitative estimate of drug-likeness (QED) is 0.782. The Hall–Kier alpha value is -1.80. The van der Waals surface area contributed by atoms with Crippen LogP contribution < -0.4 is 4.90 Å². The number of likely N-dealkylation sites (N-methyl/N-ethyl adjacent to an activating group) is 1. The number of urea groups is 1. The number of hydrogen-bond donors (Lipinski definition) is 1. The van der Waals surface area contributed by atoms with E-state index in [0.29, 0.717) is 23.4 Å². The monoisotopic (exact) mass is 309 g/mol. The van der Waals surface area contributed by atoms with E-state index < -0.39 is 18.2 Å². The number of aromatic nitrogens is 1. The number of imide groups is 1. The number of fused-ring (bicyclic) bond motifs is 1. The lowest BCUT2D eigenvalue weighted by molar-refractivity contribution is -0.128. The van der Waals surface area contributed by atoms with Gasteiger partial charge in [-0.05, 0) is 11.8 Å². The van der Waals surface area contributed by atoms with Gasteiger partial charge < -0.3 is 5.11 Å². The summed E-state index contributed by atoms with van der Waals surface area (Å²) in [4.78, 5) is 42.7. The fourth-order valence-corrected chi connectivity index (χ4v) is 3.64. The maximum atomic E-state index is 12.1. The van der Waals surface area contributed by atoms with Gasteiger partial charge in [-0.3, -0.25) is 14.5 Å². The van der Waals surface area contributed by atoms with Crippen LogP contribution in [0.2, 0.25) is 0 Å². The number of Topliss-reactive ketones (excluding diaryl/α,β-unsaturated/α-hetero) is 1. The van der Waals surface area contributed by atoms with Gasteiger partial charge in [-0.2, -0.15) is 0 Å². The second-order valence-corrected chi connectivity index (χ2v) is 7.13. The molecule has 1 aromatic rings. The van der Waals surface area contributed by atoms with Crippen LogP contribution in [0.4, 0.5) is 9.93 Å². The van der Waals surface area contributed by atoms with Crippen LogP contribution in [0.1, 0.15) is 35.6 Å². The molecule has 8 heteroatoms. The van der Waals surface area contributed by atoms with Crippen LogP contribution in [0.15, 0.2) is 0 Å². The van der Waals surface area contributed by atoms with Gasteiger partial charge in [-0.1, -0.05) is 25.2 Å². The molecule has 0 aromatic carbocycles. The molecule has 1 aliphatic carbocycles. The van der Waals surface area contributed by atoms with Crippen molar-refractivity contribution < 1.29 is 19.5 Å². The van der Waals surface area contributed by atoms with E-state index in [4.69, 9.17) is 0 Å². The van der Waals surface area contributed by atoms with E-state index in [1.807, 2.05) is 13.8 Å². The minimum Gasteiger partial charge on any atom is -0.365 e. The summed E-state index contributed by atoms with van der Waals surface area (Å²) in [6.45, 7) is 3.97. The highest BCUT2D eigenvalue weighted by Crippen LogP contribution is 2.40. The number of anilines is 1. The SMILES string of the molecule is CN1C(=O)N(c2nc3c(s2)C(=O)CC(C)(C)C3)C(=O)C1O. The summed E-state index contributed by atoms with van der Waals surface area (Å²) < 4.78 is 0. The molecule has 1 fully saturated rings. The van der Waals surface area contributed by atoms with Gasteiger partial charge in [0.1, 0.15) is 0 Å². The zero-order valence-corrected chi connectivity index (χ0v) is 12.7. The second kappa shape index (κ2) is 4.35.